The number of rotatable bonds is 4. The molecule has 0 amide bonds. The summed E-state index contributed by atoms with van der Waals surface area (Å²) >= 11 is 0. The molecule has 3 heteroatoms. The molecular formula is C11H15NO2. The minimum Gasteiger partial charge on any atom is -0.348 e. The van der Waals surface area contributed by atoms with Gasteiger partial charge in [0, 0.05) is 25.2 Å². The summed E-state index contributed by atoms with van der Waals surface area (Å²) in [5, 5.41) is 0. The number of aldehydes is 1. The molecule has 0 aliphatic rings. The maximum Gasteiger partial charge on any atom is 0.166 e. The van der Waals surface area contributed by atoms with Crippen molar-refractivity contribution in [1.29, 1.82) is 0 Å². The van der Waals surface area contributed by atoms with Crippen LogP contribution in [-0.4, -0.2) is 16.6 Å². The number of aromatic nitrogens is 1. The van der Waals surface area contributed by atoms with Gasteiger partial charge in [-0.1, -0.05) is 13.8 Å². The molecule has 0 saturated carbocycles. The topological polar surface area (TPSA) is 39.1 Å². The van der Waals surface area contributed by atoms with Gasteiger partial charge in [-0.25, -0.2) is 0 Å². The van der Waals surface area contributed by atoms with Gasteiger partial charge in [0.15, 0.2) is 12.1 Å². The summed E-state index contributed by atoms with van der Waals surface area (Å²) in [7, 11) is 1.76. The average molecular weight is 193 g/mol. The first-order valence-corrected chi connectivity index (χ1v) is 4.69. The lowest BCUT2D eigenvalue weighted by Crippen LogP contribution is -2.02. The Labute approximate surface area is 83.7 Å². The van der Waals surface area contributed by atoms with Crippen LogP contribution in [0, 0.1) is 5.92 Å². The van der Waals surface area contributed by atoms with Crippen molar-refractivity contribution in [2.24, 2.45) is 13.0 Å². The molecule has 0 aliphatic carbocycles. The van der Waals surface area contributed by atoms with Crippen molar-refractivity contribution in [2.75, 3.05) is 0 Å². The van der Waals surface area contributed by atoms with Gasteiger partial charge in [0.1, 0.15) is 0 Å². The van der Waals surface area contributed by atoms with E-state index >= 15 is 0 Å². The minimum absolute atomic E-state index is 0.101. The lowest BCUT2D eigenvalue weighted by molar-refractivity contribution is 0.0967. The molecule has 1 aromatic heterocycles. The summed E-state index contributed by atoms with van der Waals surface area (Å²) in [6, 6.07) is 1.64. The summed E-state index contributed by atoms with van der Waals surface area (Å²) in [6.45, 7) is 4.00. The maximum absolute atomic E-state index is 11.6. The molecule has 0 radical (unpaired) electrons. The van der Waals surface area contributed by atoms with Crippen molar-refractivity contribution in [3.05, 3.63) is 23.5 Å². The second kappa shape index (κ2) is 4.22. The van der Waals surface area contributed by atoms with Crippen LogP contribution in [0.3, 0.4) is 0 Å². The largest absolute Gasteiger partial charge is 0.348 e. The van der Waals surface area contributed by atoms with Crippen LogP contribution >= 0.6 is 0 Å². The maximum atomic E-state index is 11.6. The first-order chi connectivity index (χ1) is 6.54. The summed E-state index contributed by atoms with van der Waals surface area (Å²) in [5.41, 5.74) is 1.17. The summed E-state index contributed by atoms with van der Waals surface area (Å²) < 4.78 is 1.67. The summed E-state index contributed by atoms with van der Waals surface area (Å²) in [5.74, 6) is 0.450. The van der Waals surface area contributed by atoms with Gasteiger partial charge in [-0.05, 0) is 12.0 Å². The smallest absolute Gasteiger partial charge is 0.166 e. The normalized spacial score (nSPS) is 10.6. The van der Waals surface area contributed by atoms with E-state index in [2.05, 4.69) is 0 Å². The Bertz CT molecular complexity index is 350. The molecule has 14 heavy (non-hydrogen) atoms. The van der Waals surface area contributed by atoms with E-state index in [0.717, 1.165) is 6.29 Å². The predicted octanol–water partition coefficient (Wildman–Crippen LogP) is 2.07. The minimum atomic E-state index is 0.101. The fourth-order valence-electron chi connectivity index (χ4n) is 1.34. The first-order valence-electron chi connectivity index (χ1n) is 4.69. The molecule has 0 saturated heterocycles. The number of aryl methyl sites for hydroxylation is 1. The highest BCUT2D eigenvalue weighted by atomic mass is 16.1. The van der Waals surface area contributed by atoms with E-state index in [1.165, 1.54) is 0 Å². The first kappa shape index (κ1) is 10.7. The zero-order valence-electron chi connectivity index (χ0n) is 8.78. The third kappa shape index (κ3) is 2.31. The Morgan fingerprint density at radius 1 is 1.57 bits per heavy atom. The van der Waals surface area contributed by atoms with Gasteiger partial charge in [0.25, 0.3) is 0 Å². The highest BCUT2D eigenvalue weighted by molar-refractivity contribution is 5.97. The van der Waals surface area contributed by atoms with Gasteiger partial charge in [-0.2, -0.15) is 0 Å². The summed E-state index contributed by atoms with van der Waals surface area (Å²) in [6.07, 6.45) is 2.99. The van der Waals surface area contributed by atoms with Crippen LogP contribution < -0.4 is 0 Å². The van der Waals surface area contributed by atoms with Crippen molar-refractivity contribution in [3.8, 4) is 0 Å². The second-order valence-corrected chi connectivity index (χ2v) is 3.90. The van der Waals surface area contributed by atoms with Crippen molar-refractivity contribution in [3.63, 3.8) is 0 Å². The molecule has 0 aromatic carbocycles. The van der Waals surface area contributed by atoms with Crippen LogP contribution in [0.2, 0.25) is 0 Å². The molecule has 0 N–H and O–H groups in total. The van der Waals surface area contributed by atoms with E-state index in [1.54, 1.807) is 23.9 Å². The number of nitrogens with zero attached hydrogens (tertiary/aromatic N) is 1. The van der Waals surface area contributed by atoms with E-state index in [4.69, 9.17) is 0 Å². The van der Waals surface area contributed by atoms with Crippen molar-refractivity contribution in [2.45, 2.75) is 20.3 Å². The van der Waals surface area contributed by atoms with Crippen LogP contribution in [0.25, 0.3) is 0 Å². The predicted molar refractivity (Wildman–Crippen MR) is 54.6 cm³/mol. The molecule has 0 aliphatic heterocycles. The zero-order valence-corrected chi connectivity index (χ0v) is 8.78. The molecule has 0 unspecified atom stereocenters. The Hall–Kier alpha value is -1.38. The van der Waals surface area contributed by atoms with E-state index in [9.17, 15) is 9.59 Å². The van der Waals surface area contributed by atoms with Crippen LogP contribution in [-0.2, 0) is 7.05 Å². The molecule has 0 bridgehead atoms. The molecule has 0 atom stereocenters. The quantitative estimate of drug-likeness (QED) is 0.542. The molecular weight excluding hydrogens is 178 g/mol. The Morgan fingerprint density at radius 3 is 2.64 bits per heavy atom. The van der Waals surface area contributed by atoms with E-state index < -0.39 is 0 Å². The third-order valence-electron chi connectivity index (χ3n) is 2.08. The number of hydrogen-bond donors (Lipinski definition) is 0. The Kier molecular flexibility index (Phi) is 3.23. The molecule has 1 rings (SSSR count). The van der Waals surface area contributed by atoms with Crippen molar-refractivity contribution in [1.82, 2.24) is 4.57 Å². The number of hydrogen-bond acceptors (Lipinski definition) is 2. The van der Waals surface area contributed by atoms with Crippen molar-refractivity contribution < 1.29 is 9.59 Å². The van der Waals surface area contributed by atoms with Crippen LogP contribution in [0.15, 0.2) is 12.3 Å². The molecule has 0 fully saturated rings. The van der Waals surface area contributed by atoms with Gasteiger partial charge < -0.3 is 4.57 Å². The molecule has 1 heterocycles. The fourth-order valence-corrected chi connectivity index (χ4v) is 1.34. The highest BCUT2D eigenvalue weighted by Gasteiger charge is 2.11. The number of carbonyl (C=O) groups is 2. The second-order valence-electron chi connectivity index (χ2n) is 3.90. The average Bonchev–Trinajstić information content (AvgIpc) is 2.45. The van der Waals surface area contributed by atoms with E-state index in [1.807, 2.05) is 13.8 Å². The molecule has 0 spiro atoms. The van der Waals surface area contributed by atoms with Crippen LogP contribution in [0.5, 0.6) is 0 Å². The summed E-state index contributed by atoms with van der Waals surface area (Å²) in [4.78, 5) is 22.2. The monoisotopic (exact) mass is 193 g/mol. The van der Waals surface area contributed by atoms with Crippen LogP contribution in [0.1, 0.15) is 41.1 Å². The molecule has 3 nitrogen and oxygen atoms in total. The standard InChI is InChI=1S/C11H15NO2/c1-8(2)4-11(14)9-5-10(7-13)12(3)6-9/h5-8H,4H2,1-3H3. The van der Waals surface area contributed by atoms with Gasteiger partial charge in [-0.15, -0.1) is 0 Å². The number of Topliss-reactive ketones (excluding diaryl/α,β-unsaturated/α-hetero) is 1. The van der Waals surface area contributed by atoms with Crippen molar-refractivity contribution >= 4 is 12.1 Å². The molecule has 76 valence electrons. The molecule has 1 aromatic rings. The number of ketones is 1. The van der Waals surface area contributed by atoms with E-state index in [0.29, 0.717) is 23.6 Å². The Balaban J connectivity index is 2.86. The number of carbonyl (C=O) groups excluding carboxylic acids is 2. The van der Waals surface area contributed by atoms with Gasteiger partial charge in [0.05, 0.1) is 5.69 Å². The lowest BCUT2D eigenvalue weighted by atomic mass is 10.0. The third-order valence-corrected chi connectivity index (χ3v) is 2.08. The Morgan fingerprint density at radius 2 is 2.21 bits per heavy atom. The van der Waals surface area contributed by atoms with Gasteiger partial charge in [0.2, 0.25) is 0 Å². The fraction of sp³-hybridized carbons (Fsp3) is 0.455. The van der Waals surface area contributed by atoms with E-state index in [-0.39, 0.29) is 5.78 Å². The zero-order chi connectivity index (χ0) is 10.7. The lowest BCUT2D eigenvalue weighted by Gasteiger charge is -2.00. The highest BCUT2D eigenvalue weighted by Crippen LogP contribution is 2.11. The van der Waals surface area contributed by atoms with Crippen LogP contribution in [0.4, 0.5) is 0 Å². The van der Waals surface area contributed by atoms with Gasteiger partial charge in [-0.3, -0.25) is 9.59 Å². The SMILES string of the molecule is CC(C)CC(=O)c1cc(C=O)n(C)c1. The van der Waals surface area contributed by atoms with Gasteiger partial charge >= 0.3 is 0 Å².